The minimum absolute atomic E-state index is 0.0731. The maximum atomic E-state index is 12.8. The highest BCUT2D eigenvalue weighted by molar-refractivity contribution is 6.35. The number of nitrogens with zero attached hydrogens (tertiary/aromatic N) is 1. The SMILES string of the molecule is CC1(C)C[C@@]2(C[C@@H](c3ccc(Cl)cc3Cl)N(c3ccccc3)O2)C(=O)N1. The molecule has 1 amide bonds. The first kappa shape index (κ1) is 17.7. The van der Waals surface area contributed by atoms with E-state index >= 15 is 0 Å². The monoisotopic (exact) mass is 390 g/mol. The zero-order valence-electron chi connectivity index (χ0n) is 14.6. The molecular formula is C20H20Cl2N2O2. The lowest BCUT2D eigenvalue weighted by molar-refractivity contribution is -0.137. The van der Waals surface area contributed by atoms with Crippen molar-refractivity contribution in [2.45, 2.75) is 43.9 Å². The molecule has 0 aliphatic carbocycles. The van der Waals surface area contributed by atoms with Gasteiger partial charge in [0.05, 0.1) is 11.7 Å². The van der Waals surface area contributed by atoms with E-state index in [1.807, 2.05) is 61.4 Å². The Labute approximate surface area is 163 Å². The molecule has 2 fully saturated rings. The van der Waals surface area contributed by atoms with Gasteiger partial charge in [-0.05, 0) is 43.7 Å². The van der Waals surface area contributed by atoms with Crippen LogP contribution in [0, 0.1) is 0 Å². The maximum absolute atomic E-state index is 12.8. The van der Waals surface area contributed by atoms with E-state index < -0.39 is 5.60 Å². The lowest BCUT2D eigenvalue weighted by atomic mass is 9.86. The standard InChI is InChI=1S/C20H20Cl2N2O2/c1-19(2)12-20(18(25)23-19)11-17(15-9-8-13(21)10-16(15)22)24(26-20)14-6-4-3-5-7-14/h3-10,17H,11-12H2,1-2H3,(H,23,25)/t17-,20-/m0/s1. The first-order chi connectivity index (χ1) is 12.3. The zero-order valence-corrected chi connectivity index (χ0v) is 16.1. The van der Waals surface area contributed by atoms with Crippen molar-refractivity contribution in [1.29, 1.82) is 0 Å². The number of nitrogens with one attached hydrogen (secondary N) is 1. The molecular weight excluding hydrogens is 371 g/mol. The second-order valence-electron chi connectivity index (χ2n) is 7.65. The number of rotatable bonds is 2. The van der Waals surface area contributed by atoms with Crippen LogP contribution in [0.5, 0.6) is 0 Å². The molecule has 0 saturated carbocycles. The largest absolute Gasteiger partial charge is 0.348 e. The summed E-state index contributed by atoms with van der Waals surface area (Å²) in [5.41, 5.74) is 0.581. The van der Waals surface area contributed by atoms with Crippen molar-refractivity contribution >= 4 is 34.8 Å². The van der Waals surface area contributed by atoms with Gasteiger partial charge in [-0.25, -0.2) is 5.06 Å². The predicted octanol–water partition coefficient (Wildman–Crippen LogP) is 4.91. The van der Waals surface area contributed by atoms with Gasteiger partial charge in [0.2, 0.25) is 0 Å². The minimum Gasteiger partial charge on any atom is -0.348 e. The smallest absolute Gasteiger partial charge is 0.255 e. The Kier molecular flexibility index (Phi) is 4.18. The van der Waals surface area contributed by atoms with E-state index in [9.17, 15) is 4.79 Å². The molecule has 2 aromatic rings. The first-order valence-corrected chi connectivity index (χ1v) is 9.36. The Bertz CT molecular complexity index is 856. The van der Waals surface area contributed by atoms with Gasteiger partial charge in [0, 0.05) is 28.4 Å². The van der Waals surface area contributed by atoms with Gasteiger partial charge in [0.1, 0.15) is 0 Å². The van der Waals surface area contributed by atoms with Gasteiger partial charge >= 0.3 is 0 Å². The third-order valence-corrected chi connectivity index (χ3v) is 5.57. The van der Waals surface area contributed by atoms with E-state index in [4.69, 9.17) is 28.0 Å². The van der Waals surface area contributed by atoms with Crippen molar-refractivity contribution in [2.24, 2.45) is 0 Å². The Morgan fingerprint density at radius 3 is 2.50 bits per heavy atom. The third-order valence-electron chi connectivity index (χ3n) is 5.00. The van der Waals surface area contributed by atoms with Gasteiger partial charge in [0.25, 0.3) is 5.91 Å². The predicted molar refractivity (Wildman–Crippen MR) is 103 cm³/mol. The number of benzene rings is 2. The third kappa shape index (κ3) is 2.96. The second kappa shape index (κ2) is 6.15. The van der Waals surface area contributed by atoms with Crippen LogP contribution in [0.1, 0.15) is 38.3 Å². The molecule has 0 aromatic heterocycles. The minimum atomic E-state index is -0.896. The van der Waals surface area contributed by atoms with Crippen LogP contribution in [0.4, 0.5) is 5.69 Å². The summed E-state index contributed by atoms with van der Waals surface area (Å²) in [5, 5.41) is 6.02. The van der Waals surface area contributed by atoms with Crippen LogP contribution in [-0.2, 0) is 9.63 Å². The van der Waals surface area contributed by atoms with Gasteiger partial charge in [-0.2, -0.15) is 0 Å². The second-order valence-corrected chi connectivity index (χ2v) is 8.49. The summed E-state index contributed by atoms with van der Waals surface area (Å²) in [5.74, 6) is -0.0731. The maximum Gasteiger partial charge on any atom is 0.255 e. The average Bonchev–Trinajstić information content (AvgIpc) is 3.05. The van der Waals surface area contributed by atoms with E-state index in [-0.39, 0.29) is 17.5 Å². The summed E-state index contributed by atoms with van der Waals surface area (Å²) in [4.78, 5) is 19.1. The van der Waals surface area contributed by atoms with Crippen molar-refractivity contribution in [3.05, 3.63) is 64.1 Å². The molecule has 1 N–H and O–H groups in total. The molecule has 0 unspecified atom stereocenters. The topological polar surface area (TPSA) is 41.6 Å². The molecule has 26 heavy (non-hydrogen) atoms. The Morgan fingerprint density at radius 1 is 1.15 bits per heavy atom. The molecule has 1 spiro atoms. The number of para-hydroxylation sites is 1. The summed E-state index contributed by atoms with van der Waals surface area (Å²) in [7, 11) is 0. The molecule has 2 atom stereocenters. The van der Waals surface area contributed by atoms with Crippen molar-refractivity contribution in [2.75, 3.05) is 5.06 Å². The fraction of sp³-hybridized carbons (Fsp3) is 0.350. The molecule has 4 rings (SSSR count). The van der Waals surface area contributed by atoms with Crippen LogP contribution < -0.4 is 10.4 Å². The molecule has 2 aromatic carbocycles. The van der Waals surface area contributed by atoms with E-state index in [2.05, 4.69) is 5.32 Å². The van der Waals surface area contributed by atoms with E-state index in [1.165, 1.54) is 0 Å². The summed E-state index contributed by atoms with van der Waals surface area (Å²) in [6.07, 6.45) is 1.13. The molecule has 0 bridgehead atoms. The number of hydrogen-bond donors (Lipinski definition) is 1. The quantitative estimate of drug-likeness (QED) is 0.791. The number of halogens is 2. The Hall–Kier alpha value is -1.75. The number of anilines is 1. The molecule has 2 aliphatic heterocycles. The Morgan fingerprint density at radius 2 is 1.88 bits per heavy atom. The summed E-state index contributed by atoms with van der Waals surface area (Å²) in [6.45, 7) is 4.02. The zero-order chi connectivity index (χ0) is 18.5. The van der Waals surface area contributed by atoms with Gasteiger partial charge in [-0.3, -0.25) is 9.63 Å². The number of carbonyl (C=O) groups is 1. The van der Waals surface area contributed by atoms with Crippen LogP contribution in [-0.4, -0.2) is 17.0 Å². The number of amides is 1. The highest BCUT2D eigenvalue weighted by atomic mass is 35.5. The van der Waals surface area contributed by atoms with Crippen molar-refractivity contribution < 1.29 is 9.63 Å². The van der Waals surface area contributed by atoms with Gasteiger partial charge in [-0.1, -0.05) is 47.5 Å². The summed E-state index contributed by atoms with van der Waals surface area (Å²) in [6, 6.07) is 15.0. The van der Waals surface area contributed by atoms with Crippen molar-refractivity contribution in [3.8, 4) is 0 Å². The van der Waals surface area contributed by atoms with E-state index in [1.54, 1.807) is 6.07 Å². The first-order valence-electron chi connectivity index (χ1n) is 8.61. The molecule has 2 aliphatic rings. The van der Waals surface area contributed by atoms with E-state index in [0.29, 0.717) is 22.9 Å². The fourth-order valence-corrected chi connectivity index (χ4v) is 4.53. The molecule has 6 heteroatoms. The molecule has 2 heterocycles. The number of hydroxylamine groups is 1. The Balaban J connectivity index is 1.78. The van der Waals surface area contributed by atoms with E-state index in [0.717, 1.165) is 11.3 Å². The number of carbonyl (C=O) groups excluding carboxylic acids is 1. The highest BCUT2D eigenvalue weighted by Gasteiger charge is 2.59. The van der Waals surface area contributed by atoms with Crippen LogP contribution in [0.15, 0.2) is 48.5 Å². The lowest BCUT2D eigenvalue weighted by Gasteiger charge is -2.26. The van der Waals surface area contributed by atoms with Gasteiger partial charge in [-0.15, -0.1) is 0 Å². The summed E-state index contributed by atoms with van der Waals surface area (Å²) >= 11 is 12.5. The molecule has 4 nitrogen and oxygen atoms in total. The molecule has 2 saturated heterocycles. The van der Waals surface area contributed by atoms with Crippen LogP contribution in [0.25, 0.3) is 0 Å². The van der Waals surface area contributed by atoms with Crippen molar-refractivity contribution in [1.82, 2.24) is 5.32 Å². The number of hydrogen-bond acceptors (Lipinski definition) is 3. The van der Waals surface area contributed by atoms with Gasteiger partial charge < -0.3 is 5.32 Å². The normalized spacial score (nSPS) is 27.2. The van der Waals surface area contributed by atoms with Gasteiger partial charge in [0.15, 0.2) is 5.60 Å². The fourth-order valence-electron chi connectivity index (χ4n) is 4.00. The molecule has 136 valence electrons. The lowest BCUT2D eigenvalue weighted by Crippen LogP contribution is -2.39. The van der Waals surface area contributed by atoms with Crippen LogP contribution in [0.2, 0.25) is 10.0 Å². The van der Waals surface area contributed by atoms with Crippen molar-refractivity contribution in [3.63, 3.8) is 0 Å². The van der Waals surface area contributed by atoms with Crippen LogP contribution in [0.3, 0.4) is 0 Å². The molecule has 0 radical (unpaired) electrons. The highest BCUT2D eigenvalue weighted by Crippen LogP contribution is 2.50. The van der Waals surface area contributed by atoms with Crippen LogP contribution >= 0.6 is 23.2 Å². The summed E-state index contributed by atoms with van der Waals surface area (Å²) < 4.78 is 0. The average molecular weight is 391 g/mol.